The highest BCUT2D eigenvalue weighted by atomic mass is 16.5. The number of fused-ring (bicyclic) bond motifs is 1. The fourth-order valence-electron chi connectivity index (χ4n) is 2.92. The number of carbonyl (C=O) groups excluding carboxylic acids is 1. The Balaban J connectivity index is 1.74. The second-order valence-corrected chi connectivity index (χ2v) is 6.56. The van der Waals surface area contributed by atoms with E-state index in [1.807, 2.05) is 61.5 Å². The minimum absolute atomic E-state index is 0.0458. The summed E-state index contributed by atoms with van der Waals surface area (Å²) in [6.07, 6.45) is 0.946. The molecule has 1 N–H and O–H groups in total. The third-order valence-corrected chi connectivity index (χ3v) is 4.54. The highest BCUT2D eigenvalue weighted by Crippen LogP contribution is 2.26. The zero-order valence-corrected chi connectivity index (χ0v) is 16.0. The van der Waals surface area contributed by atoms with Crippen LogP contribution in [-0.2, 0) is 4.79 Å². The van der Waals surface area contributed by atoms with Gasteiger partial charge in [-0.1, -0.05) is 37.3 Å². The molecule has 0 aliphatic heterocycles. The molecule has 4 nitrogen and oxygen atoms in total. The topological polar surface area (TPSA) is 47.6 Å². The highest BCUT2D eigenvalue weighted by Gasteiger charge is 2.16. The number of hydrogen-bond donors (Lipinski definition) is 1. The van der Waals surface area contributed by atoms with Crippen LogP contribution in [0.4, 0.5) is 5.69 Å². The van der Waals surface area contributed by atoms with E-state index in [1.165, 1.54) is 0 Å². The van der Waals surface area contributed by atoms with E-state index >= 15 is 0 Å². The molecule has 0 unspecified atom stereocenters. The van der Waals surface area contributed by atoms with Gasteiger partial charge >= 0.3 is 0 Å². The summed E-state index contributed by atoms with van der Waals surface area (Å²) in [6, 6.07) is 19.5. The van der Waals surface area contributed by atoms with E-state index in [0.29, 0.717) is 6.61 Å². The van der Waals surface area contributed by atoms with Gasteiger partial charge in [-0.05, 0) is 53.9 Å². The average molecular weight is 363 g/mol. The number of nitrogens with one attached hydrogen (secondary N) is 1. The molecule has 0 aliphatic carbocycles. The van der Waals surface area contributed by atoms with Crippen molar-refractivity contribution in [1.29, 1.82) is 0 Å². The number of amides is 1. The van der Waals surface area contributed by atoms with E-state index < -0.39 is 0 Å². The second-order valence-electron chi connectivity index (χ2n) is 6.56. The molecule has 1 amide bonds. The van der Waals surface area contributed by atoms with Gasteiger partial charge in [0, 0.05) is 11.8 Å². The highest BCUT2D eigenvalue weighted by molar-refractivity contribution is 5.96. The summed E-state index contributed by atoms with van der Waals surface area (Å²) >= 11 is 0. The van der Waals surface area contributed by atoms with Crippen molar-refractivity contribution < 1.29 is 14.3 Å². The van der Waals surface area contributed by atoms with E-state index in [0.717, 1.165) is 39.9 Å². The molecule has 1 atom stereocenters. The predicted octanol–water partition coefficient (Wildman–Crippen LogP) is 5.38. The molecule has 0 saturated carbocycles. The molecule has 0 aliphatic rings. The molecule has 0 aromatic heterocycles. The molecular formula is C23H25NO3. The van der Waals surface area contributed by atoms with Gasteiger partial charge in [-0.15, -0.1) is 0 Å². The molecule has 27 heavy (non-hydrogen) atoms. The second kappa shape index (κ2) is 8.58. The van der Waals surface area contributed by atoms with Crippen molar-refractivity contribution >= 4 is 22.4 Å². The zero-order valence-electron chi connectivity index (χ0n) is 16.0. The zero-order chi connectivity index (χ0) is 19.2. The Morgan fingerprint density at radius 3 is 2.56 bits per heavy atom. The number of carbonyl (C=O) groups is 1. The molecule has 0 spiro atoms. The van der Waals surface area contributed by atoms with Crippen LogP contribution in [0.3, 0.4) is 0 Å². The summed E-state index contributed by atoms with van der Waals surface area (Å²) in [4.78, 5) is 12.7. The van der Waals surface area contributed by atoms with Crippen molar-refractivity contribution in [3.63, 3.8) is 0 Å². The molecular weight excluding hydrogens is 338 g/mol. The normalized spacial score (nSPS) is 11.8. The quantitative estimate of drug-likeness (QED) is 0.613. The Morgan fingerprint density at radius 2 is 1.78 bits per heavy atom. The lowest BCUT2D eigenvalue weighted by Crippen LogP contribution is -2.18. The van der Waals surface area contributed by atoms with Crippen molar-refractivity contribution in [3.8, 4) is 11.5 Å². The third kappa shape index (κ3) is 4.59. The summed E-state index contributed by atoms with van der Waals surface area (Å²) in [5, 5.41) is 5.16. The van der Waals surface area contributed by atoms with Gasteiger partial charge in [-0.3, -0.25) is 4.79 Å². The number of rotatable bonds is 7. The summed E-state index contributed by atoms with van der Waals surface area (Å²) in [7, 11) is 1.66. The van der Waals surface area contributed by atoms with Crippen LogP contribution in [0.5, 0.6) is 11.5 Å². The van der Waals surface area contributed by atoms with Gasteiger partial charge < -0.3 is 14.8 Å². The molecule has 0 heterocycles. The number of methoxy groups -OCH3 is 1. The van der Waals surface area contributed by atoms with Crippen LogP contribution in [0.25, 0.3) is 10.8 Å². The van der Waals surface area contributed by atoms with Crippen LogP contribution in [0, 0.1) is 0 Å². The van der Waals surface area contributed by atoms with Gasteiger partial charge in [-0.2, -0.15) is 0 Å². The summed E-state index contributed by atoms with van der Waals surface area (Å²) in [5.74, 6) is 1.28. The summed E-state index contributed by atoms with van der Waals surface area (Å²) in [5.41, 5.74) is 1.72. The smallest absolute Gasteiger partial charge is 0.231 e. The van der Waals surface area contributed by atoms with Gasteiger partial charge in [0.15, 0.2) is 0 Å². The summed E-state index contributed by atoms with van der Waals surface area (Å²) in [6.45, 7) is 4.64. The minimum atomic E-state index is -0.267. The molecule has 0 fully saturated rings. The fourth-order valence-corrected chi connectivity index (χ4v) is 2.92. The molecule has 3 aromatic carbocycles. The summed E-state index contributed by atoms with van der Waals surface area (Å²) < 4.78 is 10.9. The standard InChI is InChI=1S/C23H25NO3/c1-4-12-27-22-7-5-6-20(15-22)24-23(25)16(2)17-8-9-19-14-21(26-3)11-10-18(19)13-17/h5-11,13-16H,4,12H2,1-3H3,(H,24,25)/t16-/m0/s1. The van der Waals surface area contributed by atoms with Gasteiger partial charge in [0.1, 0.15) is 11.5 Å². The molecule has 0 bridgehead atoms. The maximum absolute atomic E-state index is 12.7. The van der Waals surface area contributed by atoms with E-state index in [4.69, 9.17) is 9.47 Å². The molecule has 0 saturated heterocycles. The maximum atomic E-state index is 12.7. The Labute approximate surface area is 160 Å². The predicted molar refractivity (Wildman–Crippen MR) is 110 cm³/mol. The van der Waals surface area contributed by atoms with Gasteiger partial charge in [0.2, 0.25) is 5.91 Å². The van der Waals surface area contributed by atoms with Crippen molar-refractivity contribution in [2.45, 2.75) is 26.2 Å². The monoisotopic (exact) mass is 363 g/mol. The molecule has 3 aromatic rings. The third-order valence-electron chi connectivity index (χ3n) is 4.54. The first kappa shape index (κ1) is 18.8. The first-order valence-electron chi connectivity index (χ1n) is 9.22. The van der Waals surface area contributed by atoms with Crippen molar-refractivity contribution in [2.24, 2.45) is 0 Å². The number of ether oxygens (including phenoxy) is 2. The van der Waals surface area contributed by atoms with E-state index in [2.05, 4.69) is 18.3 Å². The first-order valence-corrected chi connectivity index (χ1v) is 9.22. The molecule has 0 radical (unpaired) electrons. The minimum Gasteiger partial charge on any atom is -0.497 e. The average Bonchev–Trinajstić information content (AvgIpc) is 2.71. The SMILES string of the molecule is CCCOc1cccc(NC(=O)[C@@H](C)c2ccc3cc(OC)ccc3c2)c1. The largest absolute Gasteiger partial charge is 0.497 e. The van der Waals surface area contributed by atoms with Crippen molar-refractivity contribution in [3.05, 3.63) is 66.2 Å². The first-order chi connectivity index (χ1) is 13.1. The maximum Gasteiger partial charge on any atom is 0.231 e. The lowest BCUT2D eigenvalue weighted by atomic mass is 9.97. The van der Waals surface area contributed by atoms with E-state index in [-0.39, 0.29) is 11.8 Å². The van der Waals surface area contributed by atoms with Gasteiger partial charge in [0.05, 0.1) is 19.6 Å². The van der Waals surface area contributed by atoms with Crippen LogP contribution < -0.4 is 14.8 Å². The van der Waals surface area contributed by atoms with Crippen LogP contribution in [0.2, 0.25) is 0 Å². The Kier molecular flexibility index (Phi) is 5.97. The van der Waals surface area contributed by atoms with Gasteiger partial charge in [-0.25, -0.2) is 0 Å². The van der Waals surface area contributed by atoms with Crippen LogP contribution >= 0.6 is 0 Å². The Bertz CT molecular complexity index is 936. The van der Waals surface area contributed by atoms with Crippen LogP contribution in [0.15, 0.2) is 60.7 Å². The lowest BCUT2D eigenvalue weighted by molar-refractivity contribution is -0.117. The van der Waals surface area contributed by atoms with E-state index in [9.17, 15) is 4.79 Å². The van der Waals surface area contributed by atoms with E-state index in [1.54, 1.807) is 7.11 Å². The van der Waals surface area contributed by atoms with Crippen molar-refractivity contribution in [2.75, 3.05) is 19.0 Å². The lowest BCUT2D eigenvalue weighted by Gasteiger charge is -2.14. The number of benzene rings is 3. The van der Waals surface area contributed by atoms with Crippen LogP contribution in [0.1, 0.15) is 31.7 Å². The van der Waals surface area contributed by atoms with Crippen molar-refractivity contribution in [1.82, 2.24) is 0 Å². The van der Waals surface area contributed by atoms with Crippen LogP contribution in [-0.4, -0.2) is 19.6 Å². The molecule has 3 rings (SSSR count). The Morgan fingerprint density at radius 1 is 1.00 bits per heavy atom. The Hall–Kier alpha value is -3.01. The van der Waals surface area contributed by atoms with Gasteiger partial charge in [0.25, 0.3) is 0 Å². The number of anilines is 1. The number of hydrogen-bond acceptors (Lipinski definition) is 3. The molecule has 4 heteroatoms. The molecule has 140 valence electrons. The fraction of sp³-hybridized carbons (Fsp3) is 0.261.